The van der Waals surface area contributed by atoms with E-state index >= 15 is 0 Å². The number of fused-ring (bicyclic) bond motifs is 4. The summed E-state index contributed by atoms with van der Waals surface area (Å²) < 4.78 is 4.10. The number of aryl methyl sites for hydroxylation is 1. The number of piperidine rings is 2. The van der Waals surface area contributed by atoms with E-state index in [1.807, 2.05) is 4.57 Å². The highest BCUT2D eigenvalue weighted by Gasteiger charge is 2.31. The molecule has 3 aliphatic rings. The maximum absolute atomic E-state index is 13.8. The number of nitrogens with zero attached hydrogens (tertiary/aromatic N) is 4. The van der Waals surface area contributed by atoms with E-state index in [2.05, 4.69) is 92.5 Å². The molecule has 7 rings (SSSR count). The number of nitrogens with one attached hydrogen (secondary N) is 1. The Morgan fingerprint density at radius 3 is 2.05 bits per heavy atom. The van der Waals surface area contributed by atoms with Gasteiger partial charge in [-0.25, -0.2) is 4.79 Å². The highest BCUT2D eigenvalue weighted by Crippen LogP contribution is 2.43. The quantitative estimate of drug-likeness (QED) is 0.292. The summed E-state index contributed by atoms with van der Waals surface area (Å²) in [6, 6.07) is 25.8. The molecule has 2 fully saturated rings. The van der Waals surface area contributed by atoms with Crippen molar-refractivity contribution in [3.63, 3.8) is 0 Å². The lowest BCUT2D eigenvalue weighted by atomic mass is 10.0. The molecule has 212 valence electrons. The van der Waals surface area contributed by atoms with Crippen LogP contribution in [-0.2, 0) is 6.54 Å². The first-order valence-corrected chi connectivity index (χ1v) is 15.8. The summed E-state index contributed by atoms with van der Waals surface area (Å²) in [5, 5.41) is 4.49. The molecule has 4 aromatic rings. The molecule has 2 aliphatic heterocycles. The molecule has 0 unspecified atom stereocenters. The normalized spacial score (nSPS) is 18.0. The van der Waals surface area contributed by atoms with Gasteiger partial charge in [-0.05, 0) is 98.3 Å². The number of likely N-dealkylation sites (tertiary alicyclic amines) is 2. The molecule has 1 aromatic heterocycles. The molecule has 7 heteroatoms. The lowest BCUT2D eigenvalue weighted by molar-refractivity contribution is 0.222. The largest absolute Gasteiger partial charge is 0.352 e. The Kier molecular flexibility index (Phi) is 7.40. The molecule has 3 heterocycles. The van der Waals surface area contributed by atoms with E-state index in [4.69, 9.17) is 12.2 Å². The molecular weight excluding hydrogens is 526 g/mol. The Labute approximate surface area is 247 Å². The van der Waals surface area contributed by atoms with Gasteiger partial charge in [0.1, 0.15) is 0 Å². The van der Waals surface area contributed by atoms with Gasteiger partial charge in [0.25, 0.3) is 0 Å². The summed E-state index contributed by atoms with van der Waals surface area (Å²) in [7, 11) is 0. The Hall–Kier alpha value is -3.42. The number of rotatable bonds is 6. The average molecular weight is 566 g/mol. The highest BCUT2D eigenvalue weighted by molar-refractivity contribution is 7.80. The van der Waals surface area contributed by atoms with Gasteiger partial charge in [0.2, 0.25) is 0 Å². The van der Waals surface area contributed by atoms with E-state index in [1.54, 1.807) is 0 Å². The van der Waals surface area contributed by atoms with Crippen molar-refractivity contribution in [1.82, 2.24) is 24.3 Å². The van der Waals surface area contributed by atoms with Crippen molar-refractivity contribution in [3.8, 4) is 11.1 Å². The number of thiocarbonyl (C=S) groups is 1. The number of hydrogen-bond donors (Lipinski definition) is 1. The SMILES string of the molecule is O=c1n(CCCN2CCCCC2)c2ccccc2n1C1CCN(C(=S)NC2c3ccccc3-c3ccccc32)CC1. The van der Waals surface area contributed by atoms with Gasteiger partial charge in [-0.15, -0.1) is 0 Å². The molecule has 0 radical (unpaired) electrons. The van der Waals surface area contributed by atoms with Gasteiger partial charge in [-0.2, -0.15) is 0 Å². The van der Waals surface area contributed by atoms with E-state index < -0.39 is 0 Å². The van der Waals surface area contributed by atoms with Crippen LogP contribution in [0.5, 0.6) is 0 Å². The summed E-state index contributed by atoms with van der Waals surface area (Å²) in [6.45, 7) is 5.93. The number of imidazole rings is 1. The maximum Gasteiger partial charge on any atom is 0.329 e. The molecule has 6 nitrogen and oxygen atoms in total. The van der Waals surface area contributed by atoms with Crippen LogP contribution in [0.15, 0.2) is 77.6 Å². The van der Waals surface area contributed by atoms with Crippen LogP contribution in [0, 0.1) is 0 Å². The Bertz CT molecular complexity index is 1560. The Balaban J connectivity index is 1.04. The van der Waals surface area contributed by atoms with Crippen LogP contribution < -0.4 is 11.0 Å². The lowest BCUT2D eigenvalue weighted by Gasteiger charge is -2.35. The first kappa shape index (κ1) is 26.5. The van der Waals surface area contributed by atoms with Crippen molar-refractivity contribution in [2.45, 2.75) is 57.2 Å². The fraction of sp³-hybridized carbons (Fsp3) is 0.412. The van der Waals surface area contributed by atoms with Crippen molar-refractivity contribution >= 4 is 28.4 Å². The minimum absolute atomic E-state index is 0.0677. The standard InChI is InChI=1S/C34H39N5OS/c40-34-38(22-10-21-36-19-8-1-9-20-36)30-15-6-7-16-31(30)39(34)25-17-23-37(24-18-25)33(41)35-32-28-13-4-2-11-26(28)27-12-3-5-14-29(27)32/h2-7,11-16,25,32H,1,8-10,17-24H2,(H,35,41). The number of para-hydroxylation sites is 2. The second kappa shape index (κ2) is 11.5. The summed E-state index contributed by atoms with van der Waals surface area (Å²) in [5.74, 6) is 0. The van der Waals surface area contributed by atoms with E-state index in [0.717, 1.165) is 61.6 Å². The van der Waals surface area contributed by atoms with Gasteiger partial charge in [0.15, 0.2) is 5.11 Å². The molecular formula is C34H39N5OS. The van der Waals surface area contributed by atoms with E-state index in [0.29, 0.717) is 0 Å². The molecule has 0 saturated carbocycles. The van der Waals surface area contributed by atoms with Crippen molar-refractivity contribution in [2.24, 2.45) is 0 Å². The van der Waals surface area contributed by atoms with Crippen LogP contribution in [0.3, 0.4) is 0 Å². The third kappa shape index (κ3) is 4.99. The third-order valence-electron chi connectivity index (χ3n) is 9.39. The van der Waals surface area contributed by atoms with Gasteiger partial charge < -0.3 is 15.1 Å². The number of aromatic nitrogens is 2. The number of benzene rings is 3. The van der Waals surface area contributed by atoms with Gasteiger partial charge in [0.05, 0.1) is 17.1 Å². The lowest BCUT2D eigenvalue weighted by Crippen LogP contribution is -2.46. The number of hydrogen-bond acceptors (Lipinski definition) is 3. The zero-order valence-corrected chi connectivity index (χ0v) is 24.5. The van der Waals surface area contributed by atoms with Crippen LogP contribution in [0.1, 0.15) is 61.7 Å². The van der Waals surface area contributed by atoms with Crippen LogP contribution >= 0.6 is 12.2 Å². The Morgan fingerprint density at radius 2 is 1.37 bits per heavy atom. The first-order valence-electron chi connectivity index (χ1n) is 15.3. The van der Waals surface area contributed by atoms with Gasteiger partial charge in [0, 0.05) is 25.7 Å². The maximum atomic E-state index is 13.8. The minimum Gasteiger partial charge on any atom is -0.352 e. The molecule has 1 N–H and O–H groups in total. The molecule has 3 aromatic carbocycles. The smallest absolute Gasteiger partial charge is 0.329 e. The second-order valence-corrected chi connectivity index (χ2v) is 12.2. The predicted octanol–water partition coefficient (Wildman–Crippen LogP) is 5.96. The monoisotopic (exact) mass is 565 g/mol. The summed E-state index contributed by atoms with van der Waals surface area (Å²) in [4.78, 5) is 18.7. The average Bonchev–Trinajstić information content (AvgIpc) is 3.49. The highest BCUT2D eigenvalue weighted by atomic mass is 32.1. The molecule has 2 saturated heterocycles. The van der Waals surface area contributed by atoms with Crippen LogP contribution in [0.25, 0.3) is 22.2 Å². The molecule has 0 amide bonds. The van der Waals surface area contributed by atoms with Crippen molar-refractivity contribution in [3.05, 3.63) is 94.4 Å². The predicted molar refractivity (Wildman–Crippen MR) is 170 cm³/mol. The summed E-state index contributed by atoms with van der Waals surface area (Å²) in [5.41, 5.74) is 7.41. The van der Waals surface area contributed by atoms with Gasteiger partial charge in [-0.3, -0.25) is 9.13 Å². The van der Waals surface area contributed by atoms with Crippen LogP contribution in [0.2, 0.25) is 0 Å². The van der Waals surface area contributed by atoms with E-state index in [1.165, 1.54) is 54.6 Å². The van der Waals surface area contributed by atoms with Gasteiger partial charge in [-0.1, -0.05) is 67.1 Å². The first-order chi connectivity index (χ1) is 20.2. The zero-order chi connectivity index (χ0) is 27.8. The fourth-order valence-corrected chi connectivity index (χ4v) is 7.59. The topological polar surface area (TPSA) is 45.4 Å². The molecule has 41 heavy (non-hydrogen) atoms. The summed E-state index contributed by atoms with van der Waals surface area (Å²) in [6.07, 6.45) is 6.78. The van der Waals surface area contributed by atoms with E-state index in [-0.39, 0.29) is 17.8 Å². The summed E-state index contributed by atoms with van der Waals surface area (Å²) >= 11 is 5.97. The van der Waals surface area contributed by atoms with Crippen molar-refractivity contribution < 1.29 is 0 Å². The minimum atomic E-state index is 0.0677. The van der Waals surface area contributed by atoms with E-state index in [9.17, 15) is 4.79 Å². The molecule has 1 aliphatic carbocycles. The molecule has 0 bridgehead atoms. The van der Waals surface area contributed by atoms with Gasteiger partial charge >= 0.3 is 5.69 Å². The molecule has 0 spiro atoms. The van der Waals surface area contributed by atoms with Crippen LogP contribution in [0.4, 0.5) is 0 Å². The fourth-order valence-electron chi connectivity index (χ4n) is 7.29. The second-order valence-electron chi connectivity index (χ2n) is 11.8. The zero-order valence-electron chi connectivity index (χ0n) is 23.7. The Morgan fingerprint density at radius 1 is 0.756 bits per heavy atom. The van der Waals surface area contributed by atoms with Crippen molar-refractivity contribution in [1.29, 1.82) is 0 Å². The van der Waals surface area contributed by atoms with Crippen LogP contribution in [-0.4, -0.2) is 56.8 Å². The van der Waals surface area contributed by atoms with Crippen molar-refractivity contribution in [2.75, 3.05) is 32.7 Å². The molecule has 0 atom stereocenters. The third-order valence-corrected chi connectivity index (χ3v) is 9.77.